The second kappa shape index (κ2) is 5.82. The van der Waals surface area contributed by atoms with Gasteiger partial charge in [0.2, 0.25) is 0 Å². The van der Waals surface area contributed by atoms with Crippen LogP contribution in [0.1, 0.15) is 11.3 Å². The van der Waals surface area contributed by atoms with E-state index in [9.17, 15) is 9.18 Å². The van der Waals surface area contributed by atoms with E-state index in [1.54, 1.807) is 5.38 Å². The van der Waals surface area contributed by atoms with Crippen LogP contribution < -0.4 is 0 Å². The molecule has 0 amide bonds. The van der Waals surface area contributed by atoms with Crippen molar-refractivity contribution in [2.24, 2.45) is 0 Å². The van der Waals surface area contributed by atoms with Crippen LogP contribution >= 0.6 is 23.1 Å². The topological polar surface area (TPSA) is 74.0 Å². The van der Waals surface area contributed by atoms with Crippen molar-refractivity contribution in [3.8, 4) is 6.07 Å². The first kappa shape index (κ1) is 13.5. The lowest BCUT2D eigenvalue weighted by Gasteiger charge is -1.99. The van der Waals surface area contributed by atoms with Crippen LogP contribution in [-0.4, -0.2) is 16.1 Å². The summed E-state index contributed by atoms with van der Waals surface area (Å²) in [6, 6.07) is 6.05. The van der Waals surface area contributed by atoms with Crippen molar-refractivity contribution >= 4 is 29.1 Å². The molecule has 2 rings (SSSR count). The zero-order valence-electron chi connectivity index (χ0n) is 9.46. The Morgan fingerprint density at radius 2 is 2.37 bits per heavy atom. The van der Waals surface area contributed by atoms with E-state index in [-0.39, 0.29) is 12.0 Å². The number of carboxylic acids is 1. The molecule has 19 heavy (non-hydrogen) atoms. The van der Waals surface area contributed by atoms with Crippen molar-refractivity contribution in [1.29, 1.82) is 5.26 Å². The molecule has 1 heterocycles. The predicted octanol–water partition coefficient (Wildman–Crippen LogP) is 2.93. The van der Waals surface area contributed by atoms with E-state index in [2.05, 4.69) is 4.98 Å². The molecule has 0 saturated heterocycles. The third kappa shape index (κ3) is 3.53. The fourth-order valence-corrected chi connectivity index (χ4v) is 3.11. The second-order valence-corrected chi connectivity index (χ2v) is 5.68. The Bertz CT molecular complexity index is 664. The van der Waals surface area contributed by atoms with Crippen LogP contribution in [0.5, 0.6) is 0 Å². The van der Waals surface area contributed by atoms with E-state index < -0.39 is 11.8 Å². The Morgan fingerprint density at radius 3 is 3.00 bits per heavy atom. The molecule has 0 radical (unpaired) electrons. The molecule has 1 aromatic carbocycles. The number of aromatic nitrogens is 1. The average Bonchev–Trinajstić information content (AvgIpc) is 2.78. The Kier molecular flexibility index (Phi) is 4.14. The molecule has 1 aromatic heterocycles. The summed E-state index contributed by atoms with van der Waals surface area (Å²) in [6.07, 6.45) is -0.146. The summed E-state index contributed by atoms with van der Waals surface area (Å²) in [5, 5.41) is 18.9. The number of hydrogen-bond acceptors (Lipinski definition) is 5. The Morgan fingerprint density at radius 1 is 1.58 bits per heavy atom. The van der Waals surface area contributed by atoms with Gasteiger partial charge in [0.25, 0.3) is 0 Å². The summed E-state index contributed by atoms with van der Waals surface area (Å²) in [4.78, 5) is 15.0. The van der Waals surface area contributed by atoms with Gasteiger partial charge in [0.1, 0.15) is 5.82 Å². The predicted molar refractivity (Wildman–Crippen MR) is 68.7 cm³/mol. The molecule has 2 aromatic rings. The van der Waals surface area contributed by atoms with Crippen LogP contribution in [0.15, 0.2) is 32.8 Å². The van der Waals surface area contributed by atoms with Gasteiger partial charge in [-0.05, 0) is 18.2 Å². The van der Waals surface area contributed by atoms with Gasteiger partial charge in [-0.3, -0.25) is 4.79 Å². The van der Waals surface area contributed by atoms with Crippen molar-refractivity contribution in [2.75, 3.05) is 0 Å². The monoisotopic (exact) mass is 294 g/mol. The maximum absolute atomic E-state index is 13.7. The highest BCUT2D eigenvalue weighted by atomic mass is 32.2. The number of nitrogens with zero attached hydrogens (tertiary/aromatic N) is 2. The number of carboxylic acid groups (broad SMARTS) is 1. The van der Waals surface area contributed by atoms with Crippen molar-refractivity contribution in [3.63, 3.8) is 0 Å². The van der Waals surface area contributed by atoms with Crippen LogP contribution in [0.25, 0.3) is 0 Å². The van der Waals surface area contributed by atoms with Crippen LogP contribution in [0.2, 0.25) is 0 Å². The van der Waals surface area contributed by atoms with Gasteiger partial charge in [0, 0.05) is 5.38 Å². The maximum atomic E-state index is 13.7. The molecule has 0 unspecified atom stereocenters. The molecule has 4 nitrogen and oxygen atoms in total. The van der Waals surface area contributed by atoms with Crippen molar-refractivity contribution in [3.05, 3.63) is 40.7 Å². The molecule has 0 aliphatic rings. The van der Waals surface area contributed by atoms with Crippen molar-refractivity contribution < 1.29 is 14.3 Å². The van der Waals surface area contributed by atoms with Gasteiger partial charge < -0.3 is 5.11 Å². The number of benzene rings is 1. The van der Waals surface area contributed by atoms with E-state index in [1.165, 1.54) is 23.5 Å². The smallest absolute Gasteiger partial charge is 0.309 e. The number of thiazole rings is 1. The van der Waals surface area contributed by atoms with Crippen molar-refractivity contribution in [1.82, 2.24) is 4.98 Å². The number of rotatable bonds is 4. The highest BCUT2D eigenvalue weighted by Gasteiger charge is 2.10. The maximum Gasteiger partial charge on any atom is 0.309 e. The summed E-state index contributed by atoms with van der Waals surface area (Å²) < 4.78 is 14.2. The Hall–Kier alpha value is -1.91. The lowest BCUT2D eigenvalue weighted by Crippen LogP contribution is -1.99. The number of halogens is 1. The summed E-state index contributed by atoms with van der Waals surface area (Å²) >= 11 is 2.37. The van der Waals surface area contributed by atoms with Gasteiger partial charge in [-0.25, -0.2) is 9.37 Å². The van der Waals surface area contributed by atoms with Crippen LogP contribution in [0, 0.1) is 17.1 Å². The largest absolute Gasteiger partial charge is 0.481 e. The molecule has 0 spiro atoms. The van der Waals surface area contributed by atoms with Crippen molar-refractivity contribution in [2.45, 2.75) is 15.7 Å². The first-order chi connectivity index (χ1) is 9.08. The minimum Gasteiger partial charge on any atom is -0.481 e. The third-order valence-electron chi connectivity index (χ3n) is 2.12. The van der Waals surface area contributed by atoms with Gasteiger partial charge in [-0.2, -0.15) is 5.26 Å². The van der Waals surface area contributed by atoms with Gasteiger partial charge in [-0.15, -0.1) is 11.3 Å². The molecular formula is C12H7FN2O2S2. The fraction of sp³-hybridized carbons (Fsp3) is 0.0833. The van der Waals surface area contributed by atoms with E-state index >= 15 is 0 Å². The third-order valence-corrected chi connectivity index (χ3v) is 4.16. The average molecular weight is 294 g/mol. The minimum atomic E-state index is -0.952. The number of nitriles is 1. The molecule has 0 fully saturated rings. The zero-order valence-corrected chi connectivity index (χ0v) is 11.1. The molecule has 0 atom stereocenters. The zero-order chi connectivity index (χ0) is 13.8. The molecule has 0 aliphatic carbocycles. The number of carbonyl (C=O) groups is 1. The molecule has 1 N–H and O–H groups in total. The number of aliphatic carboxylic acids is 1. The van der Waals surface area contributed by atoms with Gasteiger partial charge in [0.15, 0.2) is 4.34 Å². The molecular weight excluding hydrogens is 287 g/mol. The Balaban J connectivity index is 2.15. The van der Waals surface area contributed by atoms with Gasteiger partial charge >= 0.3 is 5.97 Å². The number of hydrogen-bond donors (Lipinski definition) is 1. The molecule has 7 heteroatoms. The van der Waals surface area contributed by atoms with E-state index in [1.807, 2.05) is 6.07 Å². The van der Waals surface area contributed by atoms with Crippen LogP contribution in [0.4, 0.5) is 4.39 Å². The summed E-state index contributed by atoms with van der Waals surface area (Å²) in [5.41, 5.74) is 0.710. The molecule has 0 saturated carbocycles. The summed E-state index contributed by atoms with van der Waals surface area (Å²) in [6.45, 7) is 0. The molecule has 0 aliphatic heterocycles. The van der Waals surface area contributed by atoms with Gasteiger partial charge in [-0.1, -0.05) is 11.8 Å². The minimum absolute atomic E-state index is 0.146. The SMILES string of the molecule is N#Cc1ccc(Sc2nc(CC(=O)O)cs2)c(F)c1. The summed E-state index contributed by atoms with van der Waals surface area (Å²) in [5.74, 6) is -1.44. The first-order valence-electron chi connectivity index (χ1n) is 5.12. The molecule has 0 bridgehead atoms. The van der Waals surface area contributed by atoms with Crippen LogP contribution in [0.3, 0.4) is 0 Å². The standard InChI is InChI=1S/C12H7FN2O2S2/c13-9-3-7(5-14)1-2-10(9)19-12-15-8(6-18-12)4-11(16)17/h1-3,6H,4H2,(H,16,17). The first-order valence-corrected chi connectivity index (χ1v) is 6.82. The quantitative estimate of drug-likeness (QED) is 0.938. The van der Waals surface area contributed by atoms with E-state index in [0.717, 1.165) is 17.8 Å². The van der Waals surface area contributed by atoms with Gasteiger partial charge in [0.05, 0.1) is 28.6 Å². The summed E-state index contributed by atoms with van der Waals surface area (Å²) in [7, 11) is 0. The highest BCUT2D eigenvalue weighted by molar-refractivity contribution is 8.01. The lowest BCUT2D eigenvalue weighted by atomic mass is 10.2. The van der Waals surface area contributed by atoms with E-state index in [0.29, 0.717) is 14.9 Å². The Labute approximate surface area is 116 Å². The second-order valence-electron chi connectivity index (χ2n) is 3.53. The lowest BCUT2D eigenvalue weighted by molar-refractivity contribution is -0.136. The molecule has 96 valence electrons. The van der Waals surface area contributed by atoms with Crippen LogP contribution in [-0.2, 0) is 11.2 Å². The van der Waals surface area contributed by atoms with E-state index in [4.69, 9.17) is 10.4 Å². The normalized spacial score (nSPS) is 10.1. The highest BCUT2D eigenvalue weighted by Crippen LogP contribution is 2.32. The fourth-order valence-electron chi connectivity index (χ4n) is 1.32.